The Morgan fingerprint density at radius 2 is 1.52 bits per heavy atom. The summed E-state index contributed by atoms with van der Waals surface area (Å²) in [6, 6.07) is 3.50. The van der Waals surface area contributed by atoms with Crippen LogP contribution in [0.5, 0.6) is 11.5 Å². The molecule has 1 aromatic rings. The van der Waals surface area contributed by atoms with Crippen LogP contribution in [0.2, 0.25) is 0 Å². The number of benzene rings is 1. The van der Waals surface area contributed by atoms with Crippen molar-refractivity contribution in [3.63, 3.8) is 0 Å². The minimum Gasteiger partial charge on any atom is -0.716 e. The zero-order valence-corrected chi connectivity index (χ0v) is 37.2. The van der Waals surface area contributed by atoms with Gasteiger partial charge >= 0.3 is 59.1 Å². The molecule has 272 valence electrons. The zero-order valence-electron chi connectivity index (χ0n) is 31.6. The Morgan fingerprint density at radius 1 is 0.880 bits per heavy atom. The molecule has 0 aromatic heterocycles. The number of rotatable bonds is 9. The third kappa shape index (κ3) is 9.21. The predicted molar refractivity (Wildman–Crippen MR) is 180 cm³/mol. The third-order valence-corrected chi connectivity index (χ3v) is 14.0. The molecule has 1 heterocycles. The Morgan fingerprint density at radius 3 is 2.16 bits per heavy atom. The Labute approximate surface area is 344 Å². The molecule has 1 aliphatic heterocycles. The summed E-state index contributed by atoms with van der Waals surface area (Å²) in [4.78, 5) is 0. The van der Waals surface area contributed by atoms with Crippen LogP contribution in [-0.4, -0.2) is 48.4 Å². The van der Waals surface area contributed by atoms with Gasteiger partial charge in [0.1, 0.15) is 11.5 Å². The second-order valence-electron chi connectivity index (χ2n) is 16.7. The van der Waals surface area contributed by atoms with Crippen LogP contribution in [0.3, 0.4) is 0 Å². The second kappa shape index (κ2) is 15.8. The first-order valence-electron chi connectivity index (χ1n) is 17.5. The summed E-state index contributed by atoms with van der Waals surface area (Å²) < 4.78 is 85.0. The van der Waals surface area contributed by atoms with Crippen molar-refractivity contribution < 1.29 is 103 Å². The maximum absolute atomic E-state index is 12.8. The van der Waals surface area contributed by atoms with E-state index in [-0.39, 0.29) is 122 Å². The number of fused-ring (bicyclic) bond motifs is 2. The molecule has 0 bridgehead atoms. The molecule has 0 spiro atoms. The van der Waals surface area contributed by atoms with Gasteiger partial charge in [-0.25, -0.2) is 16.8 Å². The summed E-state index contributed by atoms with van der Waals surface area (Å²) in [5.41, 5.74) is 0.718. The van der Waals surface area contributed by atoms with Crippen LogP contribution in [0.25, 0.3) is 0 Å². The van der Waals surface area contributed by atoms with Crippen LogP contribution >= 0.6 is 0 Å². The Kier molecular flexibility index (Phi) is 14.1. The largest absolute Gasteiger partial charge is 1.00 e. The van der Waals surface area contributed by atoms with E-state index in [1.807, 2.05) is 0 Å². The summed E-state index contributed by atoms with van der Waals surface area (Å²) >= 11 is 0. The molecule has 3 aliphatic carbocycles. The molecule has 14 heteroatoms. The van der Waals surface area contributed by atoms with Gasteiger partial charge in [0.25, 0.3) is 20.8 Å². The summed E-state index contributed by atoms with van der Waals surface area (Å²) in [6.45, 7) is 15.5. The molecule has 0 amide bonds. The fourth-order valence-electron chi connectivity index (χ4n) is 10.6. The van der Waals surface area contributed by atoms with E-state index < -0.39 is 26.4 Å². The van der Waals surface area contributed by atoms with Gasteiger partial charge in [-0.1, -0.05) is 45.3 Å². The normalized spacial score (nSPS) is 35.8. The van der Waals surface area contributed by atoms with Crippen molar-refractivity contribution in [1.82, 2.24) is 0 Å². The fraction of sp³-hybridized carbons (Fsp3) is 0.778. The van der Waals surface area contributed by atoms with Crippen molar-refractivity contribution in [2.45, 2.75) is 149 Å². The van der Waals surface area contributed by atoms with Crippen LogP contribution in [0, 0.1) is 28.1 Å². The fourth-order valence-corrected chi connectivity index (χ4v) is 11.3. The van der Waals surface area contributed by atoms with Gasteiger partial charge in [0.2, 0.25) is 0 Å². The van der Waals surface area contributed by atoms with Crippen LogP contribution in [-0.2, 0) is 32.0 Å². The van der Waals surface area contributed by atoms with Crippen LogP contribution in [0.15, 0.2) is 29.3 Å². The molecule has 10 nitrogen and oxygen atoms in total. The third-order valence-electron chi connectivity index (χ3n) is 13.2. The number of aliphatic hydroxyl groups is 1. The molecule has 2 saturated carbocycles. The average Bonchev–Trinajstić information content (AvgIpc) is 3.07. The molecule has 1 N–H and O–H groups in total. The van der Waals surface area contributed by atoms with Crippen molar-refractivity contribution in [3.05, 3.63) is 34.9 Å². The van der Waals surface area contributed by atoms with E-state index in [1.54, 1.807) is 0 Å². The van der Waals surface area contributed by atoms with Crippen LogP contribution < -0.4 is 67.5 Å². The minimum atomic E-state index is -5.13. The number of hydrogen-bond acceptors (Lipinski definition) is 10. The van der Waals surface area contributed by atoms with Gasteiger partial charge < -0.3 is 27.3 Å². The van der Waals surface area contributed by atoms with Gasteiger partial charge in [-0.15, -0.1) is 0 Å². The molecular weight excluding hydrogens is 702 g/mol. The first-order chi connectivity index (χ1) is 22.0. The van der Waals surface area contributed by atoms with Gasteiger partial charge in [0.15, 0.2) is 0 Å². The number of hydrogen-bond donors (Lipinski definition) is 1. The van der Waals surface area contributed by atoms with E-state index in [9.17, 15) is 31.0 Å². The van der Waals surface area contributed by atoms with Crippen molar-refractivity contribution >= 4 is 20.8 Å². The Hall–Kier alpha value is 0.300. The molecule has 3 fully saturated rings. The summed E-state index contributed by atoms with van der Waals surface area (Å²) in [5.74, 6) is -0.0981. The zero-order chi connectivity index (χ0) is 35.6. The quantitative estimate of drug-likeness (QED) is 0.167. The number of ether oxygens (including phenoxy) is 1. The predicted octanol–water partition coefficient (Wildman–Crippen LogP) is 1.13. The second-order valence-corrected chi connectivity index (χ2v) is 18.7. The minimum absolute atomic E-state index is 0. The van der Waals surface area contributed by atoms with Crippen LogP contribution in [0.1, 0.15) is 131 Å². The van der Waals surface area contributed by atoms with E-state index >= 15 is 0 Å². The van der Waals surface area contributed by atoms with Crippen LogP contribution in [0.4, 0.5) is 0 Å². The van der Waals surface area contributed by atoms with E-state index in [0.29, 0.717) is 6.42 Å². The standard InChI is InChI=1S/C36H56O10S2.2Na/c1-24-10-14-30-33(5,20-21-36(37)25(2)11-15-31-35(36,7)19-8-16-32(3,4)44-31)17-9-18-34(30,6)28(24)23-26-22-27(45-47(38,39)40)12-13-29(26)46-48(41,42)43;;/h12-13,22,25,30-31,37H,8-11,14-21,23H2,1-7H3,(H,38,39,40)(H,41,42,43);;/q;2*+1/p-2/t25-,30-,31+,33+,34+,35+,36-;;/m1../s1. The summed E-state index contributed by atoms with van der Waals surface area (Å²) in [5, 5.41) is 12.8. The van der Waals surface area contributed by atoms with E-state index in [1.165, 1.54) is 6.07 Å². The van der Waals surface area contributed by atoms with Gasteiger partial charge in [-0.3, -0.25) is 0 Å². The van der Waals surface area contributed by atoms with E-state index in [2.05, 4.69) is 52.6 Å². The summed E-state index contributed by atoms with van der Waals surface area (Å²) in [7, 11) is -10.2. The van der Waals surface area contributed by atoms with E-state index in [0.717, 1.165) is 93.9 Å². The first-order valence-corrected chi connectivity index (χ1v) is 20.2. The molecule has 4 aliphatic rings. The van der Waals surface area contributed by atoms with Gasteiger partial charge in [-0.05, 0) is 139 Å². The Bertz CT molecular complexity index is 1650. The van der Waals surface area contributed by atoms with Crippen molar-refractivity contribution in [3.8, 4) is 11.5 Å². The van der Waals surface area contributed by atoms with Gasteiger partial charge in [0.05, 0.1) is 17.3 Å². The van der Waals surface area contributed by atoms with Gasteiger partial charge in [-0.2, -0.15) is 0 Å². The maximum atomic E-state index is 12.8. The molecule has 0 unspecified atom stereocenters. The molecule has 0 radical (unpaired) electrons. The topological polar surface area (TPSA) is 162 Å². The smallest absolute Gasteiger partial charge is 0.716 e. The maximum Gasteiger partial charge on any atom is 1.00 e. The van der Waals surface area contributed by atoms with Crippen molar-refractivity contribution in [2.75, 3.05) is 0 Å². The van der Waals surface area contributed by atoms with E-state index in [4.69, 9.17) is 8.92 Å². The Balaban J connectivity index is 0.00000338. The first kappa shape index (κ1) is 44.7. The average molecular weight is 757 g/mol. The summed E-state index contributed by atoms with van der Waals surface area (Å²) in [6.07, 6.45) is 11.3. The SMILES string of the molecule is CC1=C(Cc2cc(OS(=O)(=O)[O-])ccc2OS(=O)(=O)[O-])[C@]2(C)CCC[C@@](C)(CC[C@@]3(O)[C@H](C)CC[C@@H]4OC(C)(C)CCC[C@@]43C)[C@H]2CC1.[Na+].[Na+]. The molecule has 5 rings (SSSR count). The van der Waals surface area contributed by atoms with Crippen molar-refractivity contribution in [2.24, 2.45) is 28.1 Å². The number of allylic oxidation sites excluding steroid dienone is 2. The monoisotopic (exact) mass is 756 g/mol. The molecule has 1 saturated heterocycles. The molecule has 1 aromatic carbocycles. The molecule has 7 atom stereocenters. The molecule has 50 heavy (non-hydrogen) atoms. The van der Waals surface area contributed by atoms with Gasteiger partial charge in [0, 0.05) is 11.0 Å². The molecular formula is C36H54Na2O10S2. The van der Waals surface area contributed by atoms with Crippen molar-refractivity contribution in [1.29, 1.82) is 0 Å².